The minimum Gasteiger partial charge on any atom is -0.228 e. The normalized spacial score (nSPS) is 11.7. The van der Waals surface area contributed by atoms with Gasteiger partial charge in [-0.1, -0.05) is 194 Å². The fourth-order valence-electron chi connectivity index (χ4n) is 9.37. The van der Waals surface area contributed by atoms with Crippen molar-refractivity contribution in [2.75, 3.05) is 0 Å². The van der Waals surface area contributed by atoms with Gasteiger partial charge in [-0.05, 0) is 111 Å². The topological polar surface area (TPSA) is 25.8 Å². The van der Waals surface area contributed by atoms with Crippen LogP contribution in [0.5, 0.6) is 0 Å². The Morgan fingerprint density at radius 3 is 1.28 bits per heavy atom. The van der Waals surface area contributed by atoms with Crippen LogP contribution in [-0.2, 0) is 0 Å². The van der Waals surface area contributed by atoms with Crippen LogP contribution in [-0.4, -0.2) is 9.97 Å². The molecule has 0 atom stereocenters. The molecule has 11 aromatic carbocycles. The molecule has 1 heterocycles. The number of hydrogen-bond acceptors (Lipinski definition) is 2. The molecule has 12 aromatic rings. The van der Waals surface area contributed by atoms with Crippen molar-refractivity contribution in [3.63, 3.8) is 0 Å². The molecule has 12 rings (SSSR count). The van der Waals surface area contributed by atoms with Crippen LogP contribution >= 0.6 is 0 Å². The molecule has 0 radical (unpaired) electrons. The maximum absolute atomic E-state index is 5.45. The third-order valence-electron chi connectivity index (χ3n) is 12.2. The fourth-order valence-corrected chi connectivity index (χ4v) is 9.37. The highest BCUT2D eigenvalue weighted by Gasteiger charge is 2.20. The molecule has 0 bridgehead atoms. The molecular formula is C58H36N2. The van der Waals surface area contributed by atoms with E-state index in [-0.39, 0.29) is 0 Å². The largest absolute Gasteiger partial charge is 0.228 e. The predicted molar refractivity (Wildman–Crippen MR) is 254 cm³/mol. The van der Waals surface area contributed by atoms with Gasteiger partial charge in [0.05, 0.1) is 11.4 Å². The monoisotopic (exact) mass is 760 g/mol. The first-order chi connectivity index (χ1) is 29.7. The van der Waals surface area contributed by atoms with Crippen molar-refractivity contribution in [3.8, 4) is 56.2 Å². The van der Waals surface area contributed by atoms with E-state index in [9.17, 15) is 0 Å². The Kier molecular flexibility index (Phi) is 7.89. The van der Waals surface area contributed by atoms with Gasteiger partial charge in [-0.15, -0.1) is 0 Å². The molecule has 278 valence electrons. The molecule has 60 heavy (non-hydrogen) atoms. The van der Waals surface area contributed by atoms with Crippen LogP contribution in [0.1, 0.15) is 0 Å². The summed E-state index contributed by atoms with van der Waals surface area (Å²) < 4.78 is 0. The Bertz CT molecular complexity index is 3570. The number of aromatic nitrogens is 2. The van der Waals surface area contributed by atoms with Gasteiger partial charge in [0.15, 0.2) is 5.82 Å². The zero-order chi connectivity index (χ0) is 39.6. The Morgan fingerprint density at radius 2 is 0.667 bits per heavy atom. The summed E-state index contributed by atoms with van der Waals surface area (Å²) in [6.07, 6.45) is 0. The van der Waals surface area contributed by atoms with Crippen LogP contribution < -0.4 is 0 Å². The van der Waals surface area contributed by atoms with Crippen LogP contribution in [0.4, 0.5) is 0 Å². The standard InChI is InChI=1S/C58H36N2/c1-3-17-41-33-44(29-27-37(41)13-1)56-49-23-9-10-24-50(49)57(45-30-28-38-14-2-4-18-42(38)34-45)53-35-43(31-32-51(53)56)54-36-55(48-25-11-19-39-15-5-7-21-46(39)48)60-58(59-54)52-26-12-20-40-16-6-8-22-47(40)52/h1-36H. The van der Waals surface area contributed by atoms with Gasteiger partial charge in [-0.3, -0.25) is 0 Å². The minimum absolute atomic E-state index is 0.706. The molecule has 0 amide bonds. The van der Waals surface area contributed by atoms with Gasteiger partial charge in [0.25, 0.3) is 0 Å². The molecule has 0 aliphatic heterocycles. The van der Waals surface area contributed by atoms with Crippen LogP contribution in [0.3, 0.4) is 0 Å². The first-order valence-electron chi connectivity index (χ1n) is 20.6. The second-order valence-electron chi connectivity index (χ2n) is 15.7. The molecule has 0 fully saturated rings. The lowest BCUT2D eigenvalue weighted by Crippen LogP contribution is -1.97. The van der Waals surface area contributed by atoms with E-state index < -0.39 is 0 Å². The summed E-state index contributed by atoms with van der Waals surface area (Å²) in [4.78, 5) is 10.8. The van der Waals surface area contributed by atoms with E-state index in [1.54, 1.807) is 0 Å². The van der Waals surface area contributed by atoms with Crippen molar-refractivity contribution < 1.29 is 0 Å². The van der Waals surface area contributed by atoms with E-state index in [0.717, 1.165) is 44.2 Å². The van der Waals surface area contributed by atoms with E-state index in [4.69, 9.17) is 9.97 Å². The summed E-state index contributed by atoms with van der Waals surface area (Å²) in [5.74, 6) is 0.706. The summed E-state index contributed by atoms with van der Waals surface area (Å²) in [7, 11) is 0. The molecule has 0 unspecified atom stereocenters. The molecule has 1 aromatic heterocycles. The van der Waals surface area contributed by atoms with E-state index >= 15 is 0 Å². The maximum atomic E-state index is 5.45. The third-order valence-corrected chi connectivity index (χ3v) is 12.2. The van der Waals surface area contributed by atoms with Crippen molar-refractivity contribution in [1.29, 1.82) is 0 Å². The molecule has 2 nitrogen and oxygen atoms in total. The number of nitrogens with zero attached hydrogens (tertiary/aromatic N) is 2. The summed E-state index contributed by atoms with van der Waals surface area (Å²) in [5, 5.41) is 14.4. The van der Waals surface area contributed by atoms with E-state index in [1.165, 1.54) is 70.7 Å². The lowest BCUT2D eigenvalue weighted by Gasteiger charge is -2.19. The third kappa shape index (κ3) is 5.65. The average molecular weight is 761 g/mol. The molecule has 0 N–H and O–H groups in total. The fraction of sp³-hybridized carbons (Fsp3) is 0. The average Bonchev–Trinajstić information content (AvgIpc) is 3.32. The smallest absolute Gasteiger partial charge is 0.161 e. The van der Waals surface area contributed by atoms with Crippen LogP contribution in [0.15, 0.2) is 218 Å². The van der Waals surface area contributed by atoms with Gasteiger partial charge in [0, 0.05) is 16.7 Å². The first-order valence-corrected chi connectivity index (χ1v) is 20.6. The van der Waals surface area contributed by atoms with E-state index in [0.29, 0.717) is 5.82 Å². The summed E-state index contributed by atoms with van der Waals surface area (Å²) >= 11 is 0. The molecule has 0 saturated carbocycles. The van der Waals surface area contributed by atoms with Gasteiger partial charge in [-0.25, -0.2) is 9.97 Å². The highest BCUT2D eigenvalue weighted by Crippen LogP contribution is 2.46. The van der Waals surface area contributed by atoms with Gasteiger partial charge < -0.3 is 0 Å². The number of benzene rings is 11. The minimum atomic E-state index is 0.706. The van der Waals surface area contributed by atoms with Gasteiger partial charge >= 0.3 is 0 Å². The Morgan fingerprint density at radius 1 is 0.233 bits per heavy atom. The second kappa shape index (κ2) is 13.9. The molecule has 0 saturated heterocycles. The molecule has 0 spiro atoms. The van der Waals surface area contributed by atoms with Gasteiger partial charge in [0.2, 0.25) is 0 Å². The molecule has 0 aliphatic rings. The lowest BCUT2D eigenvalue weighted by atomic mass is 9.84. The highest BCUT2D eigenvalue weighted by atomic mass is 14.9. The van der Waals surface area contributed by atoms with E-state index in [2.05, 4.69) is 218 Å². The Labute approximate surface area is 347 Å². The highest BCUT2D eigenvalue weighted by molar-refractivity contribution is 6.22. The number of hydrogen-bond donors (Lipinski definition) is 0. The van der Waals surface area contributed by atoms with Crippen LogP contribution in [0, 0.1) is 0 Å². The Hall–Kier alpha value is -7.94. The van der Waals surface area contributed by atoms with Crippen molar-refractivity contribution in [1.82, 2.24) is 9.97 Å². The van der Waals surface area contributed by atoms with Gasteiger partial charge in [-0.2, -0.15) is 0 Å². The molecule has 2 heteroatoms. The Balaban J connectivity index is 1.17. The van der Waals surface area contributed by atoms with Crippen molar-refractivity contribution >= 4 is 64.6 Å². The van der Waals surface area contributed by atoms with Crippen LogP contribution in [0.2, 0.25) is 0 Å². The zero-order valence-corrected chi connectivity index (χ0v) is 32.7. The van der Waals surface area contributed by atoms with Gasteiger partial charge in [0.1, 0.15) is 0 Å². The molecule has 0 aliphatic carbocycles. The predicted octanol–water partition coefficient (Wildman–Crippen LogP) is 15.7. The van der Waals surface area contributed by atoms with Crippen molar-refractivity contribution in [2.24, 2.45) is 0 Å². The van der Waals surface area contributed by atoms with Crippen molar-refractivity contribution in [3.05, 3.63) is 218 Å². The SMILES string of the molecule is c1ccc2cc(-c3c4ccccc4c(-c4ccc5ccccc5c4)c4cc(-c5cc(-c6cccc7ccccc67)nc(-c6cccc7ccccc67)n5)ccc34)ccc2c1. The summed E-state index contributed by atoms with van der Waals surface area (Å²) in [5.41, 5.74) is 9.74. The maximum Gasteiger partial charge on any atom is 0.161 e. The number of rotatable bonds is 5. The van der Waals surface area contributed by atoms with E-state index in [1.807, 2.05) is 0 Å². The quantitative estimate of drug-likeness (QED) is 0.163. The molecular weight excluding hydrogens is 725 g/mol. The second-order valence-corrected chi connectivity index (χ2v) is 15.7. The summed E-state index contributed by atoms with van der Waals surface area (Å²) in [6.45, 7) is 0. The zero-order valence-electron chi connectivity index (χ0n) is 32.7. The van der Waals surface area contributed by atoms with Crippen LogP contribution in [0.25, 0.3) is 121 Å². The summed E-state index contributed by atoms with van der Waals surface area (Å²) in [6, 6.07) is 79.0. The lowest BCUT2D eigenvalue weighted by molar-refractivity contribution is 1.19. The van der Waals surface area contributed by atoms with Crippen molar-refractivity contribution in [2.45, 2.75) is 0 Å². The first kappa shape index (κ1) is 34.1. The number of fused-ring (bicyclic) bond motifs is 6.